The molecule has 10 nitrogen and oxygen atoms in total. The quantitative estimate of drug-likeness (QED) is 0.743. The molecular weight excluding hydrogens is 316 g/mol. The molecule has 2 amide bonds. The van der Waals surface area contributed by atoms with Crippen molar-refractivity contribution in [3.8, 4) is 0 Å². The van der Waals surface area contributed by atoms with E-state index in [1.165, 1.54) is 18.0 Å². The van der Waals surface area contributed by atoms with Gasteiger partial charge in [0.15, 0.2) is 17.3 Å². The Hall–Kier alpha value is -3.43. The summed E-state index contributed by atoms with van der Waals surface area (Å²) in [6.45, 7) is 1.69. The van der Waals surface area contributed by atoms with Gasteiger partial charge in [-0.2, -0.15) is 0 Å². The highest BCUT2D eigenvalue weighted by Gasteiger charge is 2.10. The summed E-state index contributed by atoms with van der Waals surface area (Å²) in [5.74, 6) is 0.444. The molecule has 0 saturated heterocycles. The van der Waals surface area contributed by atoms with Gasteiger partial charge in [-0.05, 0) is 18.2 Å². The summed E-state index contributed by atoms with van der Waals surface area (Å²) in [6, 6.07) is 5.17. The maximum Gasteiger partial charge on any atom is 0.412 e. The molecule has 2 N–H and O–H groups in total. The Balaban J connectivity index is 1.63. The zero-order valence-corrected chi connectivity index (χ0v) is 12.9. The first-order valence-electron chi connectivity index (χ1n) is 6.95. The molecule has 3 aromatic rings. The van der Waals surface area contributed by atoms with Crippen molar-refractivity contribution in [3.05, 3.63) is 30.3 Å². The summed E-state index contributed by atoms with van der Waals surface area (Å²) < 4.78 is 11.1. The number of methoxy groups -OCH3 is 1. The number of amides is 2. The average Bonchev–Trinajstić information content (AvgIpc) is 3.11. The lowest BCUT2D eigenvalue weighted by molar-refractivity contribution is -0.116. The fourth-order valence-electron chi connectivity index (χ4n) is 2.06. The first-order chi connectivity index (χ1) is 11.5. The smallest absolute Gasteiger partial charge is 0.412 e. The second kappa shape index (κ2) is 6.36. The van der Waals surface area contributed by atoms with E-state index in [0.717, 1.165) is 0 Å². The molecule has 0 spiro atoms. The zero-order chi connectivity index (χ0) is 17.1. The SMILES string of the molecule is COC(=O)Nc1cn(CC(=O)Nc2ccc3oc(C)nc3c2)nn1. The van der Waals surface area contributed by atoms with E-state index in [1.807, 2.05) is 0 Å². The number of fused-ring (bicyclic) bond motifs is 1. The Morgan fingerprint density at radius 3 is 2.96 bits per heavy atom. The van der Waals surface area contributed by atoms with Crippen LogP contribution >= 0.6 is 0 Å². The van der Waals surface area contributed by atoms with Crippen molar-refractivity contribution >= 4 is 34.6 Å². The second-order valence-corrected chi connectivity index (χ2v) is 4.88. The molecule has 10 heteroatoms. The normalized spacial score (nSPS) is 10.6. The predicted molar refractivity (Wildman–Crippen MR) is 83.4 cm³/mol. The molecular formula is C14H14N6O4. The highest BCUT2D eigenvalue weighted by molar-refractivity contribution is 5.92. The van der Waals surface area contributed by atoms with Crippen LogP contribution in [0.3, 0.4) is 0 Å². The number of aromatic nitrogens is 4. The summed E-state index contributed by atoms with van der Waals surface area (Å²) in [7, 11) is 1.24. The average molecular weight is 330 g/mol. The molecule has 0 aliphatic rings. The minimum atomic E-state index is -0.664. The van der Waals surface area contributed by atoms with Crippen molar-refractivity contribution in [2.24, 2.45) is 0 Å². The number of benzene rings is 1. The van der Waals surface area contributed by atoms with Crippen LogP contribution in [0.1, 0.15) is 5.89 Å². The molecule has 0 bridgehead atoms. The van der Waals surface area contributed by atoms with Gasteiger partial charge in [-0.3, -0.25) is 10.1 Å². The number of oxazole rings is 1. The van der Waals surface area contributed by atoms with Crippen LogP contribution in [0.25, 0.3) is 11.1 Å². The number of carbonyl (C=O) groups is 2. The minimum Gasteiger partial charge on any atom is -0.453 e. The number of nitrogens with one attached hydrogen (secondary N) is 2. The molecule has 0 fully saturated rings. The van der Waals surface area contributed by atoms with Crippen LogP contribution in [0.4, 0.5) is 16.3 Å². The summed E-state index contributed by atoms with van der Waals surface area (Å²) in [6.07, 6.45) is 0.753. The van der Waals surface area contributed by atoms with Crippen LogP contribution in [-0.4, -0.2) is 39.1 Å². The van der Waals surface area contributed by atoms with Crippen LogP contribution in [0.5, 0.6) is 0 Å². The number of rotatable bonds is 4. The molecule has 0 radical (unpaired) electrons. The molecule has 24 heavy (non-hydrogen) atoms. The van der Waals surface area contributed by atoms with Crippen molar-refractivity contribution in [3.63, 3.8) is 0 Å². The van der Waals surface area contributed by atoms with E-state index in [-0.39, 0.29) is 18.3 Å². The zero-order valence-electron chi connectivity index (χ0n) is 12.9. The molecule has 0 saturated carbocycles. The predicted octanol–water partition coefficient (Wildman–Crippen LogP) is 1.54. The van der Waals surface area contributed by atoms with Crippen LogP contribution in [0.2, 0.25) is 0 Å². The Bertz CT molecular complexity index is 900. The van der Waals surface area contributed by atoms with Gasteiger partial charge in [0.2, 0.25) is 5.91 Å². The summed E-state index contributed by atoms with van der Waals surface area (Å²) in [5, 5.41) is 12.5. The Kier molecular flexibility index (Phi) is 4.10. The van der Waals surface area contributed by atoms with Gasteiger partial charge in [0.25, 0.3) is 0 Å². The van der Waals surface area contributed by atoms with Crippen LogP contribution in [0, 0.1) is 6.92 Å². The maximum absolute atomic E-state index is 12.1. The Morgan fingerprint density at radius 2 is 2.17 bits per heavy atom. The monoisotopic (exact) mass is 330 g/mol. The number of aryl methyl sites for hydroxylation is 1. The first kappa shape index (κ1) is 15.5. The van der Waals surface area contributed by atoms with Crippen molar-refractivity contribution < 1.29 is 18.7 Å². The molecule has 1 aromatic carbocycles. The molecule has 2 heterocycles. The summed E-state index contributed by atoms with van der Waals surface area (Å²) >= 11 is 0. The van der Waals surface area contributed by atoms with E-state index in [0.29, 0.717) is 22.7 Å². The third-order valence-electron chi connectivity index (χ3n) is 3.04. The van der Waals surface area contributed by atoms with E-state index in [1.54, 1.807) is 25.1 Å². The Labute approximate surface area is 135 Å². The molecule has 0 unspecified atom stereocenters. The molecule has 2 aromatic heterocycles. The van der Waals surface area contributed by atoms with Gasteiger partial charge in [0, 0.05) is 12.6 Å². The fraction of sp³-hybridized carbons (Fsp3) is 0.214. The fourth-order valence-corrected chi connectivity index (χ4v) is 2.06. The largest absolute Gasteiger partial charge is 0.453 e. The topological polar surface area (TPSA) is 124 Å². The number of hydrogen-bond donors (Lipinski definition) is 2. The lowest BCUT2D eigenvalue weighted by Gasteiger charge is -2.04. The molecule has 0 atom stereocenters. The number of nitrogens with zero attached hydrogens (tertiary/aromatic N) is 4. The lowest BCUT2D eigenvalue weighted by Crippen LogP contribution is -2.19. The van der Waals surface area contributed by atoms with E-state index in [2.05, 4.69) is 30.7 Å². The van der Waals surface area contributed by atoms with E-state index in [4.69, 9.17) is 4.42 Å². The van der Waals surface area contributed by atoms with Gasteiger partial charge in [0.1, 0.15) is 12.1 Å². The second-order valence-electron chi connectivity index (χ2n) is 4.88. The van der Waals surface area contributed by atoms with Crippen LogP contribution in [0.15, 0.2) is 28.8 Å². The van der Waals surface area contributed by atoms with E-state index < -0.39 is 6.09 Å². The third kappa shape index (κ3) is 3.48. The highest BCUT2D eigenvalue weighted by atomic mass is 16.5. The molecule has 0 aliphatic heterocycles. The first-order valence-corrected chi connectivity index (χ1v) is 6.95. The van der Waals surface area contributed by atoms with Crippen LogP contribution < -0.4 is 10.6 Å². The van der Waals surface area contributed by atoms with Gasteiger partial charge in [-0.1, -0.05) is 5.21 Å². The lowest BCUT2D eigenvalue weighted by atomic mass is 10.3. The van der Waals surface area contributed by atoms with Gasteiger partial charge in [-0.15, -0.1) is 5.10 Å². The highest BCUT2D eigenvalue weighted by Crippen LogP contribution is 2.19. The van der Waals surface area contributed by atoms with Crippen molar-refractivity contribution in [1.82, 2.24) is 20.0 Å². The van der Waals surface area contributed by atoms with Gasteiger partial charge in [0.05, 0.1) is 13.3 Å². The van der Waals surface area contributed by atoms with E-state index in [9.17, 15) is 9.59 Å². The Morgan fingerprint density at radius 1 is 1.33 bits per heavy atom. The van der Waals surface area contributed by atoms with Crippen molar-refractivity contribution in [1.29, 1.82) is 0 Å². The maximum atomic E-state index is 12.1. The third-order valence-corrected chi connectivity index (χ3v) is 3.04. The number of carbonyl (C=O) groups excluding carboxylic acids is 2. The van der Waals surface area contributed by atoms with Crippen LogP contribution in [-0.2, 0) is 16.1 Å². The van der Waals surface area contributed by atoms with Gasteiger partial charge < -0.3 is 14.5 Å². The minimum absolute atomic E-state index is 0.0638. The number of ether oxygens (including phenoxy) is 1. The van der Waals surface area contributed by atoms with E-state index >= 15 is 0 Å². The number of anilines is 2. The van der Waals surface area contributed by atoms with Gasteiger partial charge in [-0.25, -0.2) is 14.5 Å². The molecule has 3 rings (SSSR count). The van der Waals surface area contributed by atoms with Crippen molar-refractivity contribution in [2.75, 3.05) is 17.7 Å². The number of hydrogen-bond acceptors (Lipinski definition) is 7. The standard InChI is InChI=1S/C14H14N6O4/c1-8-15-10-5-9(3-4-11(10)24-8)16-13(21)7-20-6-12(18-19-20)17-14(22)23-2/h3-6H,7H2,1-2H3,(H,16,21)(H,17,22). The van der Waals surface area contributed by atoms with Gasteiger partial charge >= 0.3 is 6.09 Å². The van der Waals surface area contributed by atoms with Crippen molar-refractivity contribution in [2.45, 2.75) is 13.5 Å². The molecule has 0 aliphatic carbocycles. The summed E-state index contributed by atoms with van der Waals surface area (Å²) in [5.41, 5.74) is 1.91. The summed E-state index contributed by atoms with van der Waals surface area (Å²) in [4.78, 5) is 27.3. The molecule has 124 valence electrons.